The van der Waals surface area contributed by atoms with E-state index in [1.807, 2.05) is 54.6 Å². The van der Waals surface area contributed by atoms with Gasteiger partial charge in [-0.05, 0) is 42.6 Å². The number of hydrogen-bond acceptors (Lipinski definition) is 4. The number of fused-ring (bicyclic) bond motifs is 1. The van der Waals surface area contributed by atoms with Crippen molar-refractivity contribution in [3.63, 3.8) is 0 Å². The monoisotopic (exact) mass is 491 g/mol. The molecule has 0 bridgehead atoms. The molecular formula is C26H16F3N3O2S. The first-order valence-corrected chi connectivity index (χ1v) is 10.9. The molecule has 9 heteroatoms. The van der Waals surface area contributed by atoms with Gasteiger partial charge in [0, 0.05) is 16.7 Å². The number of allylic oxidation sites excluding steroid dienone is 1. The number of benzene rings is 3. The van der Waals surface area contributed by atoms with Crippen LogP contribution in [0.25, 0.3) is 17.3 Å². The average molecular weight is 491 g/mol. The molecule has 0 saturated heterocycles. The van der Waals surface area contributed by atoms with Gasteiger partial charge in [-0.1, -0.05) is 54.6 Å². The summed E-state index contributed by atoms with van der Waals surface area (Å²) in [5.41, 5.74) is 1.63. The number of alkyl halides is 3. The van der Waals surface area contributed by atoms with E-state index < -0.39 is 23.2 Å². The molecule has 2 heterocycles. The summed E-state index contributed by atoms with van der Waals surface area (Å²) in [5.74, 6) is -0.581. The van der Waals surface area contributed by atoms with Crippen LogP contribution in [0, 0.1) is 4.77 Å². The number of aromatic amines is 1. The molecule has 2 N–H and O–H groups in total. The summed E-state index contributed by atoms with van der Waals surface area (Å²) < 4.78 is 40.6. The van der Waals surface area contributed by atoms with Crippen molar-refractivity contribution < 1.29 is 18.3 Å². The van der Waals surface area contributed by atoms with Gasteiger partial charge in [0.15, 0.2) is 4.77 Å². The van der Waals surface area contributed by atoms with Gasteiger partial charge in [0.1, 0.15) is 5.56 Å². The molecule has 0 saturated carbocycles. The van der Waals surface area contributed by atoms with Crippen LogP contribution in [0.5, 0.6) is 5.88 Å². The van der Waals surface area contributed by atoms with Crippen molar-refractivity contribution in [3.05, 3.63) is 116 Å². The molecule has 5 nitrogen and oxygen atoms in total. The van der Waals surface area contributed by atoms with Gasteiger partial charge in [0.05, 0.1) is 22.6 Å². The number of H-pyrrole nitrogens is 1. The van der Waals surface area contributed by atoms with Crippen LogP contribution in [0.4, 0.5) is 18.9 Å². The number of aromatic hydroxyl groups is 1. The minimum absolute atomic E-state index is 0.0398. The van der Waals surface area contributed by atoms with E-state index in [1.54, 1.807) is 0 Å². The number of aromatic nitrogens is 2. The van der Waals surface area contributed by atoms with E-state index in [4.69, 9.17) is 17.2 Å². The second-order valence-electron chi connectivity index (χ2n) is 7.78. The number of para-hydroxylation sites is 1. The quantitative estimate of drug-likeness (QED) is 0.331. The zero-order valence-corrected chi connectivity index (χ0v) is 18.7. The van der Waals surface area contributed by atoms with Crippen molar-refractivity contribution in [3.8, 4) is 11.6 Å². The van der Waals surface area contributed by atoms with Crippen molar-refractivity contribution in [2.75, 3.05) is 0 Å². The minimum Gasteiger partial charge on any atom is -0.494 e. The van der Waals surface area contributed by atoms with Crippen molar-refractivity contribution in [1.82, 2.24) is 9.55 Å². The summed E-state index contributed by atoms with van der Waals surface area (Å²) in [6, 6.07) is 21.0. The van der Waals surface area contributed by atoms with E-state index in [-0.39, 0.29) is 16.0 Å². The summed E-state index contributed by atoms with van der Waals surface area (Å²) >= 11 is 5.17. The van der Waals surface area contributed by atoms with Crippen LogP contribution in [-0.4, -0.2) is 20.4 Å². The van der Waals surface area contributed by atoms with Crippen molar-refractivity contribution in [1.29, 1.82) is 0 Å². The van der Waals surface area contributed by atoms with Crippen LogP contribution in [0.1, 0.15) is 22.3 Å². The lowest BCUT2D eigenvalue weighted by atomic mass is 9.96. The van der Waals surface area contributed by atoms with E-state index in [1.165, 1.54) is 18.2 Å². The molecule has 4 aromatic rings. The van der Waals surface area contributed by atoms with Crippen LogP contribution in [0.3, 0.4) is 0 Å². The Balaban J connectivity index is 1.73. The maximum absolute atomic E-state index is 13.3. The molecule has 0 atom stereocenters. The molecule has 0 fully saturated rings. The first-order valence-electron chi connectivity index (χ1n) is 10.5. The van der Waals surface area contributed by atoms with E-state index in [2.05, 4.69) is 4.98 Å². The standard InChI is InChI=1S/C26H16F3N3O2S/c27-26(28,29)16-9-6-10-17(13-16)32-24(34)20(23(33)31-25(32)35)14-19-18-11-4-5-12-21(18)30-22(19)15-7-2-1-3-8-15/h1-14,34H,(H,31,33,35)/b19-14+. The lowest BCUT2D eigenvalue weighted by Gasteiger charge is -2.14. The Morgan fingerprint density at radius 3 is 2.43 bits per heavy atom. The maximum atomic E-state index is 13.3. The summed E-state index contributed by atoms with van der Waals surface area (Å²) in [5, 5.41) is 11.1. The Kier molecular flexibility index (Phi) is 5.49. The second-order valence-corrected chi connectivity index (χ2v) is 8.17. The molecule has 3 aromatic carbocycles. The largest absolute Gasteiger partial charge is 0.494 e. The smallest absolute Gasteiger partial charge is 0.416 e. The van der Waals surface area contributed by atoms with Gasteiger partial charge in [-0.15, -0.1) is 0 Å². The van der Waals surface area contributed by atoms with Gasteiger partial charge >= 0.3 is 6.18 Å². The van der Waals surface area contributed by atoms with Gasteiger partial charge in [-0.25, -0.2) is 4.99 Å². The fourth-order valence-corrected chi connectivity index (χ4v) is 4.23. The molecule has 0 spiro atoms. The fourth-order valence-electron chi connectivity index (χ4n) is 3.94. The highest BCUT2D eigenvalue weighted by Crippen LogP contribution is 2.38. The fraction of sp³-hybridized carbons (Fsp3) is 0.0385. The summed E-state index contributed by atoms with van der Waals surface area (Å²) in [6.07, 6.45) is -3.11. The van der Waals surface area contributed by atoms with Crippen LogP contribution in [0.15, 0.2) is 88.6 Å². The Bertz CT molecular complexity index is 1630. The normalized spacial score (nSPS) is 14.1. The summed E-state index contributed by atoms with van der Waals surface area (Å²) in [4.78, 5) is 20.0. The topological polar surface area (TPSA) is 70.4 Å². The molecular weight excluding hydrogens is 475 g/mol. The third kappa shape index (κ3) is 4.10. The lowest BCUT2D eigenvalue weighted by molar-refractivity contribution is -0.137. The zero-order chi connectivity index (χ0) is 24.7. The molecule has 0 unspecified atom stereocenters. The van der Waals surface area contributed by atoms with Gasteiger partial charge in [0.25, 0.3) is 5.56 Å². The summed E-state index contributed by atoms with van der Waals surface area (Å²) in [7, 11) is 0. The second kappa shape index (κ2) is 8.52. The molecule has 5 rings (SSSR count). The maximum Gasteiger partial charge on any atom is 0.416 e. The Morgan fingerprint density at radius 1 is 0.971 bits per heavy atom. The Morgan fingerprint density at radius 2 is 1.69 bits per heavy atom. The highest BCUT2D eigenvalue weighted by Gasteiger charge is 2.31. The number of hydrogen-bond donors (Lipinski definition) is 2. The Labute approximate surface area is 202 Å². The SMILES string of the molecule is O=c1[nH]c(=S)n(-c2cccc(C(F)(F)F)c2)c(O)c1/C=C1/C(c2ccccc2)=Nc2ccccc21. The van der Waals surface area contributed by atoms with E-state index >= 15 is 0 Å². The minimum atomic E-state index is -4.59. The molecule has 1 aliphatic heterocycles. The molecule has 174 valence electrons. The number of nitrogens with zero attached hydrogens (tertiary/aromatic N) is 2. The van der Waals surface area contributed by atoms with Crippen LogP contribution in [0.2, 0.25) is 0 Å². The molecule has 0 aliphatic carbocycles. The first-order chi connectivity index (χ1) is 16.7. The van der Waals surface area contributed by atoms with Gasteiger partial charge < -0.3 is 5.11 Å². The molecule has 35 heavy (non-hydrogen) atoms. The van der Waals surface area contributed by atoms with E-state index in [9.17, 15) is 23.1 Å². The number of nitrogens with one attached hydrogen (secondary N) is 1. The third-order valence-corrected chi connectivity index (χ3v) is 5.85. The summed E-state index contributed by atoms with van der Waals surface area (Å²) in [6.45, 7) is 0. The molecule has 1 aliphatic rings. The van der Waals surface area contributed by atoms with Gasteiger partial charge in [0.2, 0.25) is 5.88 Å². The van der Waals surface area contributed by atoms with Crippen molar-refractivity contribution >= 4 is 35.3 Å². The van der Waals surface area contributed by atoms with E-state index in [0.717, 1.165) is 27.8 Å². The number of rotatable bonds is 3. The molecule has 0 amide bonds. The Hall–Kier alpha value is -4.24. The zero-order valence-electron chi connectivity index (χ0n) is 17.9. The predicted molar refractivity (Wildman–Crippen MR) is 131 cm³/mol. The average Bonchev–Trinajstić information content (AvgIpc) is 3.20. The van der Waals surface area contributed by atoms with Gasteiger partial charge in [-0.3, -0.25) is 14.3 Å². The van der Waals surface area contributed by atoms with Crippen molar-refractivity contribution in [2.45, 2.75) is 6.18 Å². The molecule has 1 aromatic heterocycles. The first kappa shape index (κ1) is 22.5. The van der Waals surface area contributed by atoms with E-state index in [0.29, 0.717) is 17.0 Å². The van der Waals surface area contributed by atoms with Crippen LogP contribution in [-0.2, 0) is 6.18 Å². The number of aliphatic imine (C=N–C) groups is 1. The highest BCUT2D eigenvalue weighted by molar-refractivity contribution is 7.71. The van der Waals surface area contributed by atoms with Crippen LogP contribution < -0.4 is 5.56 Å². The number of halogens is 3. The molecule has 0 radical (unpaired) electrons. The van der Waals surface area contributed by atoms with Crippen molar-refractivity contribution in [2.24, 2.45) is 4.99 Å². The lowest BCUT2D eigenvalue weighted by Crippen LogP contribution is -2.17. The third-order valence-electron chi connectivity index (χ3n) is 5.57. The highest BCUT2D eigenvalue weighted by atomic mass is 32.1. The van der Waals surface area contributed by atoms with Gasteiger partial charge in [-0.2, -0.15) is 13.2 Å². The predicted octanol–water partition coefficient (Wildman–Crippen LogP) is 6.29. The van der Waals surface area contributed by atoms with Crippen LogP contribution >= 0.6 is 12.2 Å².